The van der Waals surface area contributed by atoms with Gasteiger partial charge < -0.3 is 0 Å². The zero-order chi connectivity index (χ0) is 14.8. The second-order valence-corrected chi connectivity index (χ2v) is 9.52. The number of sulfonamides is 1. The summed E-state index contributed by atoms with van der Waals surface area (Å²) in [6, 6.07) is 3.94. The lowest BCUT2D eigenvalue weighted by Crippen LogP contribution is -2.20. The van der Waals surface area contributed by atoms with Crippen molar-refractivity contribution in [1.82, 2.24) is 0 Å². The fourth-order valence-electron chi connectivity index (χ4n) is 1.42. The molecule has 0 spiro atoms. The van der Waals surface area contributed by atoms with Gasteiger partial charge >= 0.3 is 0 Å². The van der Waals surface area contributed by atoms with Crippen molar-refractivity contribution in [1.29, 1.82) is 0 Å². The summed E-state index contributed by atoms with van der Waals surface area (Å²) in [6.45, 7) is 3.58. The molecule has 0 saturated carbocycles. The maximum absolute atomic E-state index is 11.7. The van der Waals surface area contributed by atoms with E-state index in [1.165, 1.54) is 18.2 Å². The Kier molecular flexibility index (Phi) is 5.28. The first kappa shape index (κ1) is 16.7. The van der Waals surface area contributed by atoms with Crippen molar-refractivity contribution in [3.05, 3.63) is 22.7 Å². The van der Waals surface area contributed by atoms with Gasteiger partial charge in [0.2, 0.25) is 10.0 Å². The van der Waals surface area contributed by atoms with E-state index in [9.17, 15) is 16.8 Å². The molecule has 0 saturated heterocycles. The van der Waals surface area contributed by atoms with Gasteiger partial charge in [-0.2, -0.15) is 0 Å². The molecule has 1 N–H and O–H groups in total. The van der Waals surface area contributed by atoms with Crippen LogP contribution >= 0.6 is 26.6 Å². The lowest BCUT2D eigenvalue weighted by atomic mass is 10.3. The van der Waals surface area contributed by atoms with E-state index in [4.69, 9.17) is 10.7 Å². The topological polar surface area (TPSA) is 80.3 Å². The van der Waals surface area contributed by atoms with Crippen molar-refractivity contribution in [3.8, 4) is 0 Å². The van der Waals surface area contributed by atoms with Crippen molar-refractivity contribution in [2.24, 2.45) is 5.92 Å². The summed E-state index contributed by atoms with van der Waals surface area (Å²) in [5, 5.41) is 0. The third kappa shape index (κ3) is 5.29. The summed E-state index contributed by atoms with van der Waals surface area (Å²) in [4.78, 5) is -0.110. The van der Waals surface area contributed by atoms with E-state index in [-0.39, 0.29) is 26.7 Å². The van der Waals surface area contributed by atoms with Crippen molar-refractivity contribution < 1.29 is 16.8 Å². The van der Waals surface area contributed by atoms with Crippen LogP contribution in [0.15, 0.2) is 27.6 Å². The van der Waals surface area contributed by atoms with Crippen LogP contribution in [0.5, 0.6) is 0 Å². The molecule has 0 aliphatic heterocycles. The van der Waals surface area contributed by atoms with Crippen molar-refractivity contribution >= 4 is 51.4 Å². The first-order valence-corrected chi connectivity index (χ1v) is 10.0. The normalized spacial score (nSPS) is 12.7. The molecular weight excluding hydrogens is 378 g/mol. The van der Waals surface area contributed by atoms with Crippen LogP contribution in [0.4, 0.5) is 5.69 Å². The summed E-state index contributed by atoms with van der Waals surface area (Å²) in [7, 11) is -2.10. The van der Waals surface area contributed by atoms with Gasteiger partial charge in [-0.25, -0.2) is 16.8 Å². The minimum absolute atomic E-state index is 0.0107. The second kappa shape index (κ2) is 5.99. The van der Waals surface area contributed by atoms with Gasteiger partial charge in [-0.15, -0.1) is 0 Å². The molecule has 108 valence electrons. The molecule has 0 aliphatic rings. The van der Waals surface area contributed by atoms with E-state index >= 15 is 0 Å². The van der Waals surface area contributed by atoms with Gasteiger partial charge in [0.05, 0.1) is 10.6 Å². The van der Waals surface area contributed by atoms with Crippen LogP contribution < -0.4 is 4.72 Å². The number of hydrogen-bond donors (Lipinski definition) is 1. The average molecular weight is 391 g/mol. The molecule has 0 amide bonds. The molecule has 1 rings (SSSR count). The molecule has 9 heteroatoms. The van der Waals surface area contributed by atoms with Gasteiger partial charge in [0, 0.05) is 20.8 Å². The van der Waals surface area contributed by atoms with Crippen molar-refractivity contribution in [2.45, 2.75) is 18.7 Å². The van der Waals surface area contributed by atoms with E-state index in [0.29, 0.717) is 0 Å². The minimum atomic E-state index is -3.86. The van der Waals surface area contributed by atoms with E-state index in [0.717, 1.165) is 0 Å². The maximum Gasteiger partial charge on any atom is 0.262 e. The predicted octanol–water partition coefficient (Wildman–Crippen LogP) is 2.77. The fraction of sp³-hybridized carbons (Fsp3) is 0.400. The lowest BCUT2D eigenvalue weighted by molar-refractivity contribution is 0.587. The van der Waals surface area contributed by atoms with E-state index < -0.39 is 19.1 Å². The highest BCUT2D eigenvalue weighted by atomic mass is 79.9. The first-order chi connectivity index (χ1) is 8.51. The zero-order valence-electron chi connectivity index (χ0n) is 10.2. The smallest absolute Gasteiger partial charge is 0.262 e. The van der Waals surface area contributed by atoms with Crippen LogP contribution in [-0.2, 0) is 19.1 Å². The highest BCUT2D eigenvalue weighted by Gasteiger charge is 2.17. The highest BCUT2D eigenvalue weighted by molar-refractivity contribution is 9.10. The largest absolute Gasteiger partial charge is 0.284 e. The SMILES string of the molecule is CC(C)CS(=O)(=O)Nc1ccc(S(=O)(=O)Cl)c(Br)c1. The van der Waals surface area contributed by atoms with E-state index in [1.807, 2.05) is 0 Å². The maximum atomic E-state index is 11.7. The Labute approximate surface area is 126 Å². The van der Waals surface area contributed by atoms with Gasteiger partial charge in [-0.3, -0.25) is 4.72 Å². The van der Waals surface area contributed by atoms with Crippen LogP contribution in [0, 0.1) is 5.92 Å². The lowest BCUT2D eigenvalue weighted by Gasteiger charge is -2.11. The first-order valence-electron chi connectivity index (χ1n) is 5.26. The predicted molar refractivity (Wildman–Crippen MR) is 79.4 cm³/mol. The highest BCUT2D eigenvalue weighted by Crippen LogP contribution is 2.28. The minimum Gasteiger partial charge on any atom is -0.284 e. The second-order valence-electron chi connectivity index (χ2n) is 4.36. The summed E-state index contributed by atoms with van der Waals surface area (Å²) in [6.07, 6.45) is 0. The van der Waals surface area contributed by atoms with E-state index in [1.54, 1.807) is 13.8 Å². The quantitative estimate of drug-likeness (QED) is 0.784. The number of anilines is 1. The number of benzene rings is 1. The van der Waals surface area contributed by atoms with Crippen LogP contribution in [0.3, 0.4) is 0 Å². The van der Waals surface area contributed by atoms with Crippen LogP contribution in [0.1, 0.15) is 13.8 Å². The third-order valence-electron chi connectivity index (χ3n) is 2.02. The number of hydrogen-bond acceptors (Lipinski definition) is 4. The molecule has 0 bridgehead atoms. The van der Waals surface area contributed by atoms with Crippen LogP contribution in [0.25, 0.3) is 0 Å². The molecule has 0 fully saturated rings. The Hall–Kier alpha value is -0.310. The van der Waals surface area contributed by atoms with Crippen LogP contribution in [-0.4, -0.2) is 22.6 Å². The van der Waals surface area contributed by atoms with Crippen LogP contribution in [0.2, 0.25) is 0 Å². The molecule has 0 atom stereocenters. The molecule has 19 heavy (non-hydrogen) atoms. The Morgan fingerprint density at radius 1 is 1.26 bits per heavy atom. The number of halogens is 2. The van der Waals surface area contributed by atoms with Gasteiger partial charge in [-0.05, 0) is 40.0 Å². The number of rotatable bonds is 5. The van der Waals surface area contributed by atoms with Gasteiger partial charge in [0.1, 0.15) is 0 Å². The van der Waals surface area contributed by atoms with Gasteiger partial charge in [-0.1, -0.05) is 13.8 Å². The summed E-state index contributed by atoms with van der Waals surface area (Å²) in [5.41, 5.74) is 0.275. The molecule has 0 heterocycles. The molecule has 1 aromatic carbocycles. The third-order valence-corrected chi connectivity index (χ3v) is 5.97. The van der Waals surface area contributed by atoms with Gasteiger partial charge in [0.15, 0.2) is 0 Å². The summed E-state index contributed by atoms with van der Waals surface area (Å²) in [5.74, 6) is -0.0244. The molecule has 0 aromatic heterocycles. The summed E-state index contributed by atoms with van der Waals surface area (Å²) >= 11 is 3.04. The van der Waals surface area contributed by atoms with Crippen molar-refractivity contribution in [2.75, 3.05) is 10.5 Å². The Bertz CT molecular complexity index is 671. The van der Waals surface area contributed by atoms with Crippen molar-refractivity contribution in [3.63, 3.8) is 0 Å². The van der Waals surface area contributed by atoms with Gasteiger partial charge in [0.25, 0.3) is 9.05 Å². The zero-order valence-corrected chi connectivity index (χ0v) is 14.2. The molecule has 5 nitrogen and oxygen atoms in total. The molecule has 0 unspecified atom stereocenters. The summed E-state index contributed by atoms with van der Waals surface area (Å²) < 4.78 is 48.4. The molecule has 1 aromatic rings. The Balaban J connectivity index is 3.04. The Morgan fingerprint density at radius 3 is 2.26 bits per heavy atom. The standard InChI is InChI=1S/C10H13BrClNO4S2/c1-7(2)6-18(14,15)13-8-3-4-10(9(11)5-8)19(12,16)17/h3-5,7,13H,6H2,1-2H3. The fourth-order valence-corrected chi connectivity index (χ4v) is 5.09. The molecule has 0 radical (unpaired) electrons. The Morgan fingerprint density at radius 2 is 1.84 bits per heavy atom. The number of nitrogens with one attached hydrogen (secondary N) is 1. The average Bonchev–Trinajstić information content (AvgIpc) is 2.11. The monoisotopic (exact) mass is 389 g/mol. The van der Waals surface area contributed by atoms with E-state index in [2.05, 4.69) is 20.7 Å². The molecule has 0 aliphatic carbocycles. The molecular formula is C10H13BrClNO4S2.